The van der Waals surface area contributed by atoms with Crippen LogP contribution in [0.2, 0.25) is 0 Å². The molecule has 2 heterocycles. The predicted molar refractivity (Wildman–Crippen MR) is 51.5 cm³/mol. The van der Waals surface area contributed by atoms with E-state index in [0.717, 1.165) is 39.5 Å². The molecule has 0 saturated carbocycles. The Morgan fingerprint density at radius 1 is 1.15 bits per heavy atom. The van der Waals surface area contributed by atoms with Gasteiger partial charge in [0, 0.05) is 13.2 Å². The molecule has 2 fully saturated rings. The Hall–Kier alpha value is -0.160. The smallest absolute Gasteiger partial charge is 0.105 e. The summed E-state index contributed by atoms with van der Waals surface area (Å²) in [6.45, 7) is 6.88. The van der Waals surface area contributed by atoms with Crippen LogP contribution in [-0.2, 0) is 9.47 Å². The van der Waals surface area contributed by atoms with Gasteiger partial charge in [0.1, 0.15) is 6.23 Å². The molecule has 0 bridgehead atoms. The Morgan fingerprint density at radius 2 is 2.00 bits per heavy atom. The Balaban J connectivity index is 0.000000132. The van der Waals surface area contributed by atoms with Crippen LogP contribution >= 0.6 is 0 Å². The Bertz CT molecular complexity index is 101. The first-order chi connectivity index (χ1) is 6.39. The fourth-order valence-electron chi connectivity index (χ4n) is 1.21. The normalized spacial score (nSPS) is 28.8. The minimum Gasteiger partial charge on any atom is -0.366 e. The topological polar surface area (TPSA) is 42.5 Å². The average Bonchev–Trinajstić information content (AvgIpc) is 2.22. The monoisotopic (exact) mass is 188 g/mol. The molecular weight excluding hydrogens is 168 g/mol. The second kappa shape index (κ2) is 7.26. The van der Waals surface area contributed by atoms with Gasteiger partial charge in [-0.2, -0.15) is 0 Å². The highest BCUT2D eigenvalue weighted by atomic mass is 16.5. The summed E-state index contributed by atoms with van der Waals surface area (Å²) < 4.78 is 10.1. The van der Waals surface area contributed by atoms with Crippen molar-refractivity contribution in [3.63, 3.8) is 0 Å². The summed E-state index contributed by atoms with van der Waals surface area (Å²) in [5.41, 5.74) is 0. The molecule has 0 aromatic rings. The zero-order valence-electron chi connectivity index (χ0n) is 8.34. The lowest BCUT2D eigenvalue weighted by Crippen LogP contribution is -2.35. The van der Waals surface area contributed by atoms with E-state index in [9.17, 15) is 0 Å². The lowest BCUT2D eigenvalue weighted by atomic mass is 10.4. The fraction of sp³-hybridized carbons (Fsp3) is 1.00. The zero-order chi connectivity index (χ0) is 9.36. The fourth-order valence-corrected chi connectivity index (χ4v) is 1.21. The summed E-state index contributed by atoms with van der Waals surface area (Å²) in [6.07, 6.45) is 2.61. The van der Waals surface area contributed by atoms with Crippen molar-refractivity contribution < 1.29 is 9.47 Å². The van der Waals surface area contributed by atoms with Gasteiger partial charge in [0.25, 0.3) is 0 Å². The van der Waals surface area contributed by atoms with Gasteiger partial charge in [-0.25, -0.2) is 0 Å². The van der Waals surface area contributed by atoms with Crippen LogP contribution in [0.1, 0.15) is 19.8 Å². The lowest BCUT2D eigenvalue weighted by Gasteiger charge is -2.19. The van der Waals surface area contributed by atoms with Crippen molar-refractivity contribution in [1.29, 1.82) is 0 Å². The van der Waals surface area contributed by atoms with E-state index in [2.05, 4.69) is 10.6 Å². The van der Waals surface area contributed by atoms with Gasteiger partial charge in [0.15, 0.2) is 0 Å². The molecule has 78 valence electrons. The molecule has 0 aromatic heterocycles. The minimum absolute atomic E-state index is 0.286. The zero-order valence-corrected chi connectivity index (χ0v) is 8.34. The van der Waals surface area contributed by atoms with Crippen LogP contribution in [0.3, 0.4) is 0 Å². The van der Waals surface area contributed by atoms with Gasteiger partial charge in [-0.3, -0.25) is 10.6 Å². The van der Waals surface area contributed by atoms with Crippen LogP contribution in [0.25, 0.3) is 0 Å². The first-order valence-corrected chi connectivity index (χ1v) is 5.03. The summed E-state index contributed by atoms with van der Waals surface area (Å²) in [7, 11) is 0. The predicted octanol–water partition coefficient (Wildman–Crippen LogP) is 0.296. The van der Waals surface area contributed by atoms with E-state index in [-0.39, 0.29) is 6.23 Å². The summed E-state index contributed by atoms with van der Waals surface area (Å²) in [5, 5.41) is 6.22. The molecule has 4 nitrogen and oxygen atoms in total. The number of hydrogen-bond acceptors (Lipinski definition) is 4. The molecule has 13 heavy (non-hydrogen) atoms. The van der Waals surface area contributed by atoms with E-state index in [0.29, 0.717) is 0 Å². The second-order valence-corrected chi connectivity index (χ2v) is 3.23. The van der Waals surface area contributed by atoms with Crippen molar-refractivity contribution in [2.75, 3.05) is 33.0 Å². The quantitative estimate of drug-likeness (QED) is 0.573. The van der Waals surface area contributed by atoms with Gasteiger partial charge in [-0.05, 0) is 32.9 Å². The SMILES string of the molecule is C1CNCOC1.CC1NCCCO1. The maximum atomic E-state index is 5.17. The molecule has 2 aliphatic heterocycles. The van der Waals surface area contributed by atoms with Crippen LogP contribution in [0.4, 0.5) is 0 Å². The van der Waals surface area contributed by atoms with Crippen molar-refractivity contribution in [3.05, 3.63) is 0 Å². The molecule has 1 atom stereocenters. The third kappa shape index (κ3) is 5.99. The van der Waals surface area contributed by atoms with Gasteiger partial charge >= 0.3 is 0 Å². The van der Waals surface area contributed by atoms with Gasteiger partial charge < -0.3 is 9.47 Å². The van der Waals surface area contributed by atoms with Crippen molar-refractivity contribution in [2.24, 2.45) is 0 Å². The van der Waals surface area contributed by atoms with Crippen molar-refractivity contribution in [1.82, 2.24) is 10.6 Å². The van der Waals surface area contributed by atoms with Crippen molar-refractivity contribution in [2.45, 2.75) is 26.0 Å². The molecule has 0 amide bonds. The highest BCUT2D eigenvalue weighted by Crippen LogP contribution is 1.93. The van der Waals surface area contributed by atoms with Crippen LogP contribution in [-0.4, -0.2) is 39.3 Å². The number of nitrogens with one attached hydrogen (secondary N) is 2. The molecule has 4 heteroatoms. The largest absolute Gasteiger partial charge is 0.366 e. The van der Waals surface area contributed by atoms with Gasteiger partial charge in [-0.1, -0.05) is 0 Å². The first kappa shape index (κ1) is 10.9. The summed E-state index contributed by atoms with van der Waals surface area (Å²) in [5.74, 6) is 0. The third-order valence-electron chi connectivity index (χ3n) is 1.97. The van der Waals surface area contributed by atoms with E-state index >= 15 is 0 Å². The maximum Gasteiger partial charge on any atom is 0.105 e. The van der Waals surface area contributed by atoms with Gasteiger partial charge in [0.05, 0.1) is 6.73 Å². The van der Waals surface area contributed by atoms with Crippen molar-refractivity contribution >= 4 is 0 Å². The standard InChI is InChI=1S/C5H11NO.C4H9NO/c1-5-6-3-2-4-7-5;1-2-5-4-6-3-1/h5-6H,2-4H2,1H3;5H,1-4H2. The van der Waals surface area contributed by atoms with Gasteiger partial charge in [0.2, 0.25) is 0 Å². The number of ether oxygens (including phenoxy) is 2. The molecule has 1 unspecified atom stereocenters. The first-order valence-electron chi connectivity index (χ1n) is 5.03. The molecule has 0 radical (unpaired) electrons. The Kier molecular flexibility index (Phi) is 6.10. The summed E-state index contributed by atoms with van der Waals surface area (Å²) in [4.78, 5) is 0. The van der Waals surface area contributed by atoms with E-state index in [1.165, 1.54) is 6.42 Å². The highest BCUT2D eigenvalue weighted by Gasteiger charge is 2.04. The third-order valence-corrected chi connectivity index (χ3v) is 1.97. The van der Waals surface area contributed by atoms with E-state index in [1.807, 2.05) is 6.92 Å². The Morgan fingerprint density at radius 3 is 2.23 bits per heavy atom. The average molecular weight is 188 g/mol. The highest BCUT2D eigenvalue weighted by molar-refractivity contribution is 4.54. The van der Waals surface area contributed by atoms with Crippen LogP contribution in [0.15, 0.2) is 0 Å². The van der Waals surface area contributed by atoms with Crippen molar-refractivity contribution in [3.8, 4) is 0 Å². The van der Waals surface area contributed by atoms with Crippen LogP contribution in [0, 0.1) is 0 Å². The molecular formula is C9H20N2O2. The second-order valence-electron chi connectivity index (χ2n) is 3.23. The molecule has 0 spiro atoms. The molecule has 2 saturated heterocycles. The molecule has 0 aromatic carbocycles. The van der Waals surface area contributed by atoms with E-state index in [1.54, 1.807) is 0 Å². The Labute approximate surface area is 80.0 Å². The summed E-state index contributed by atoms with van der Waals surface area (Å²) >= 11 is 0. The minimum atomic E-state index is 0.286. The van der Waals surface area contributed by atoms with E-state index in [4.69, 9.17) is 9.47 Å². The summed E-state index contributed by atoms with van der Waals surface area (Å²) in [6, 6.07) is 0. The molecule has 2 N–H and O–H groups in total. The number of hydrogen-bond donors (Lipinski definition) is 2. The molecule has 2 rings (SSSR count). The van der Waals surface area contributed by atoms with E-state index < -0.39 is 0 Å². The number of rotatable bonds is 0. The maximum absolute atomic E-state index is 5.17. The lowest BCUT2D eigenvalue weighted by molar-refractivity contribution is 0.0139. The van der Waals surface area contributed by atoms with Crippen LogP contribution in [0.5, 0.6) is 0 Å². The van der Waals surface area contributed by atoms with Gasteiger partial charge in [-0.15, -0.1) is 0 Å². The molecule has 0 aliphatic carbocycles. The van der Waals surface area contributed by atoms with Crippen LogP contribution < -0.4 is 10.6 Å². The molecule has 2 aliphatic rings.